The summed E-state index contributed by atoms with van der Waals surface area (Å²) in [6, 6.07) is 0. The lowest BCUT2D eigenvalue weighted by atomic mass is 9.84. The summed E-state index contributed by atoms with van der Waals surface area (Å²) < 4.78 is 0. The lowest BCUT2D eigenvalue weighted by Crippen LogP contribution is -2.53. The minimum Gasteiger partial charge on any atom is -0.305 e. The van der Waals surface area contributed by atoms with Crippen LogP contribution in [0.15, 0.2) is 0 Å². The van der Waals surface area contributed by atoms with E-state index in [4.69, 9.17) is 0 Å². The highest BCUT2D eigenvalue weighted by Crippen LogP contribution is 2.24. The van der Waals surface area contributed by atoms with Gasteiger partial charge in [-0.05, 0) is 39.2 Å². The number of rotatable bonds is 7. The van der Waals surface area contributed by atoms with Gasteiger partial charge in [0, 0.05) is 5.54 Å². The highest BCUT2D eigenvalue weighted by atomic mass is 15.1. The Labute approximate surface area is 89.9 Å². The quantitative estimate of drug-likeness (QED) is 0.618. The third-order valence-electron chi connectivity index (χ3n) is 3.11. The molecule has 0 heterocycles. The maximum absolute atomic E-state index is 3.70. The lowest BCUT2D eigenvalue weighted by Gasteiger charge is -2.37. The second kappa shape index (κ2) is 6.41. The van der Waals surface area contributed by atoms with Crippen molar-refractivity contribution >= 4 is 0 Å². The Hall–Kier alpha value is -0.0800. The molecule has 0 bridgehead atoms. The summed E-state index contributed by atoms with van der Waals surface area (Å²) in [5.74, 6) is 0.756. The minimum absolute atomic E-state index is 0.316. The van der Waals surface area contributed by atoms with Crippen molar-refractivity contribution in [3.8, 4) is 0 Å². The molecular weight excluding hydrogens is 172 g/mol. The Kier molecular flexibility index (Phi) is 6.38. The topological polar surface area (TPSA) is 24.1 Å². The molecule has 0 aliphatic rings. The number of hydrogen-bond donors (Lipinski definition) is 2. The van der Waals surface area contributed by atoms with Crippen LogP contribution in [0.2, 0.25) is 0 Å². The van der Waals surface area contributed by atoms with Crippen LogP contribution >= 0.6 is 0 Å². The number of nitrogens with one attached hydrogen (secondary N) is 2. The molecule has 14 heavy (non-hydrogen) atoms. The fourth-order valence-electron chi connectivity index (χ4n) is 2.11. The normalized spacial score (nSPS) is 14.8. The first-order valence-electron chi connectivity index (χ1n) is 5.94. The molecule has 0 rings (SSSR count). The summed E-state index contributed by atoms with van der Waals surface area (Å²) in [6.45, 7) is 11.3. The monoisotopic (exact) mass is 200 g/mol. The highest BCUT2D eigenvalue weighted by Gasteiger charge is 2.27. The molecule has 0 saturated carbocycles. The SMILES string of the molecule is CCC(CC)(CC(C)C)NC(C)NC. The Morgan fingerprint density at radius 1 is 1.07 bits per heavy atom. The Morgan fingerprint density at radius 2 is 1.57 bits per heavy atom. The van der Waals surface area contributed by atoms with Gasteiger partial charge in [0.1, 0.15) is 0 Å². The van der Waals surface area contributed by atoms with Gasteiger partial charge in [-0.15, -0.1) is 0 Å². The van der Waals surface area contributed by atoms with Crippen molar-refractivity contribution in [1.82, 2.24) is 10.6 Å². The van der Waals surface area contributed by atoms with Gasteiger partial charge in [0.05, 0.1) is 6.17 Å². The summed E-state index contributed by atoms with van der Waals surface area (Å²) in [6.07, 6.45) is 4.06. The van der Waals surface area contributed by atoms with Crippen LogP contribution in [0.5, 0.6) is 0 Å². The smallest absolute Gasteiger partial charge is 0.0544 e. The van der Waals surface area contributed by atoms with Crippen LogP contribution in [-0.4, -0.2) is 18.8 Å². The van der Waals surface area contributed by atoms with Gasteiger partial charge in [0.25, 0.3) is 0 Å². The Balaban J connectivity index is 4.36. The predicted octanol–water partition coefficient (Wildman–Crippen LogP) is 2.75. The fraction of sp³-hybridized carbons (Fsp3) is 1.00. The molecule has 0 fully saturated rings. The zero-order valence-corrected chi connectivity index (χ0v) is 10.8. The molecule has 2 N–H and O–H groups in total. The van der Waals surface area contributed by atoms with Crippen molar-refractivity contribution in [1.29, 1.82) is 0 Å². The molecule has 0 aliphatic heterocycles. The van der Waals surface area contributed by atoms with E-state index in [1.54, 1.807) is 0 Å². The first kappa shape index (κ1) is 13.9. The van der Waals surface area contributed by atoms with E-state index >= 15 is 0 Å². The minimum atomic E-state index is 0.316. The Bertz CT molecular complexity index is 139. The van der Waals surface area contributed by atoms with Gasteiger partial charge in [-0.1, -0.05) is 27.7 Å². The molecule has 0 spiro atoms. The van der Waals surface area contributed by atoms with Gasteiger partial charge in [-0.3, -0.25) is 5.32 Å². The molecule has 1 atom stereocenters. The molecule has 1 unspecified atom stereocenters. The van der Waals surface area contributed by atoms with E-state index in [9.17, 15) is 0 Å². The molecule has 0 saturated heterocycles. The van der Waals surface area contributed by atoms with E-state index in [0.29, 0.717) is 11.7 Å². The van der Waals surface area contributed by atoms with Crippen LogP contribution in [0.4, 0.5) is 0 Å². The molecule has 0 aromatic heterocycles. The molecule has 2 heteroatoms. The average molecular weight is 200 g/mol. The van der Waals surface area contributed by atoms with E-state index in [1.165, 1.54) is 19.3 Å². The first-order valence-corrected chi connectivity index (χ1v) is 5.94. The summed E-state index contributed by atoms with van der Waals surface area (Å²) in [7, 11) is 2.00. The highest BCUT2D eigenvalue weighted by molar-refractivity contribution is 4.87. The zero-order valence-electron chi connectivity index (χ0n) is 10.8. The van der Waals surface area contributed by atoms with E-state index in [1.807, 2.05) is 7.05 Å². The standard InChI is InChI=1S/C12H28N2/c1-7-12(8-2,9-10(3)4)14-11(5)13-6/h10-11,13-14H,7-9H2,1-6H3. The fourth-order valence-corrected chi connectivity index (χ4v) is 2.11. The maximum Gasteiger partial charge on any atom is 0.0544 e. The van der Waals surface area contributed by atoms with E-state index in [2.05, 4.69) is 45.3 Å². The van der Waals surface area contributed by atoms with Crippen molar-refractivity contribution in [2.45, 2.75) is 65.6 Å². The van der Waals surface area contributed by atoms with Crippen LogP contribution in [0, 0.1) is 5.92 Å². The molecule has 0 aliphatic carbocycles. The number of hydrogen-bond acceptors (Lipinski definition) is 2. The molecular formula is C12H28N2. The van der Waals surface area contributed by atoms with Crippen LogP contribution < -0.4 is 10.6 Å². The van der Waals surface area contributed by atoms with E-state index < -0.39 is 0 Å². The third kappa shape index (κ3) is 4.43. The average Bonchev–Trinajstić information content (AvgIpc) is 2.15. The van der Waals surface area contributed by atoms with Crippen molar-refractivity contribution in [2.75, 3.05) is 7.05 Å². The molecule has 2 nitrogen and oxygen atoms in total. The second-order valence-electron chi connectivity index (χ2n) is 4.74. The van der Waals surface area contributed by atoms with Crippen molar-refractivity contribution < 1.29 is 0 Å². The molecule has 0 aromatic rings. The Morgan fingerprint density at radius 3 is 1.86 bits per heavy atom. The van der Waals surface area contributed by atoms with Crippen molar-refractivity contribution in [2.24, 2.45) is 5.92 Å². The maximum atomic E-state index is 3.70. The van der Waals surface area contributed by atoms with Crippen molar-refractivity contribution in [3.05, 3.63) is 0 Å². The first-order chi connectivity index (χ1) is 6.49. The third-order valence-corrected chi connectivity index (χ3v) is 3.11. The predicted molar refractivity (Wildman–Crippen MR) is 64.4 cm³/mol. The largest absolute Gasteiger partial charge is 0.305 e. The van der Waals surface area contributed by atoms with Crippen LogP contribution in [0.3, 0.4) is 0 Å². The van der Waals surface area contributed by atoms with Gasteiger partial charge in [0.2, 0.25) is 0 Å². The van der Waals surface area contributed by atoms with Gasteiger partial charge in [-0.2, -0.15) is 0 Å². The van der Waals surface area contributed by atoms with Gasteiger partial charge in [0.15, 0.2) is 0 Å². The van der Waals surface area contributed by atoms with Crippen LogP contribution in [0.1, 0.15) is 53.9 Å². The molecule has 86 valence electrons. The summed E-state index contributed by atoms with van der Waals surface area (Å²) in [5.41, 5.74) is 0.316. The van der Waals surface area contributed by atoms with Crippen LogP contribution in [0.25, 0.3) is 0 Å². The second-order valence-corrected chi connectivity index (χ2v) is 4.74. The molecule has 0 radical (unpaired) electrons. The molecule has 0 amide bonds. The van der Waals surface area contributed by atoms with E-state index in [0.717, 1.165) is 5.92 Å². The molecule has 0 aromatic carbocycles. The van der Waals surface area contributed by atoms with Crippen LogP contribution in [-0.2, 0) is 0 Å². The summed E-state index contributed by atoms with van der Waals surface area (Å²) in [4.78, 5) is 0. The van der Waals surface area contributed by atoms with Crippen molar-refractivity contribution in [3.63, 3.8) is 0 Å². The van der Waals surface area contributed by atoms with E-state index in [-0.39, 0.29) is 0 Å². The lowest BCUT2D eigenvalue weighted by molar-refractivity contribution is 0.215. The summed E-state index contributed by atoms with van der Waals surface area (Å²) in [5, 5.41) is 6.95. The zero-order chi connectivity index (χ0) is 11.2. The van der Waals surface area contributed by atoms with Gasteiger partial charge >= 0.3 is 0 Å². The van der Waals surface area contributed by atoms with Gasteiger partial charge in [-0.25, -0.2) is 0 Å². The van der Waals surface area contributed by atoms with Gasteiger partial charge < -0.3 is 5.32 Å². The summed E-state index contributed by atoms with van der Waals surface area (Å²) >= 11 is 0.